The van der Waals surface area contributed by atoms with Crippen LogP contribution in [0.1, 0.15) is 25.1 Å². The second-order valence-electron chi connectivity index (χ2n) is 6.33. The van der Waals surface area contributed by atoms with Gasteiger partial charge in [0, 0.05) is 10.9 Å². The Morgan fingerprint density at radius 2 is 1.92 bits per heavy atom. The first kappa shape index (κ1) is 14.9. The third kappa shape index (κ3) is 2.49. The van der Waals surface area contributed by atoms with Gasteiger partial charge in [0.25, 0.3) is 5.89 Å². The number of fused-ring (bicyclic) bond motifs is 1. The zero-order valence-electron chi connectivity index (χ0n) is 13.4. The van der Waals surface area contributed by atoms with Crippen molar-refractivity contribution in [2.75, 3.05) is 13.2 Å². The number of thiazole rings is 1. The molecule has 3 heterocycles. The molecule has 3 aromatic rings. The highest BCUT2D eigenvalue weighted by atomic mass is 32.1. The summed E-state index contributed by atoms with van der Waals surface area (Å²) in [5.74, 6) is 2.49. The van der Waals surface area contributed by atoms with Gasteiger partial charge in [-0.15, -0.1) is 11.3 Å². The van der Waals surface area contributed by atoms with Crippen LogP contribution in [0, 0.1) is 0 Å². The topological polar surface area (TPSA) is 96.3 Å². The van der Waals surface area contributed by atoms with E-state index >= 15 is 0 Å². The minimum atomic E-state index is -0.434. The van der Waals surface area contributed by atoms with E-state index in [-0.39, 0.29) is 0 Å². The molecule has 8 heteroatoms. The zero-order chi connectivity index (χ0) is 16.9. The first-order valence-electron chi connectivity index (χ1n) is 8.20. The summed E-state index contributed by atoms with van der Waals surface area (Å²) in [7, 11) is 0. The molecule has 0 spiro atoms. The van der Waals surface area contributed by atoms with Gasteiger partial charge in [0.2, 0.25) is 0 Å². The van der Waals surface area contributed by atoms with Gasteiger partial charge in [0.15, 0.2) is 17.3 Å². The van der Waals surface area contributed by atoms with Gasteiger partial charge in [-0.3, -0.25) is 0 Å². The lowest BCUT2D eigenvalue weighted by molar-refractivity contribution is 0.171. The SMILES string of the molecule is NC1(c2noc(-c3csc(-c4ccc5c(c4)OCCO5)n3)n2)CCC1. The molecule has 7 nitrogen and oxygen atoms in total. The second kappa shape index (κ2) is 5.53. The Hall–Kier alpha value is -2.45. The fraction of sp³-hybridized carbons (Fsp3) is 0.353. The lowest BCUT2D eigenvalue weighted by Gasteiger charge is -2.34. The van der Waals surface area contributed by atoms with E-state index in [1.807, 2.05) is 23.6 Å². The number of hydrogen-bond donors (Lipinski definition) is 1. The highest BCUT2D eigenvalue weighted by Gasteiger charge is 2.39. The fourth-order valence-electron chi connectivity index (χ4n) is 2.99. The van der Waals surface area contributed by atoms with E-state index in [0.717, 1.165) is 41.3 Å². The van der Waals surface area contributed by atoms with Gasteiger partial charge in [-0.25, -0.2) is 4.98 Å². The van der Waals surface area contributed by atoms with Crippen LogP contribution in [0.15, 0.2) is 28.1 Å². The molecule has 2 aliphatic rings. The van der Waals surface area contributed by atoms with Crippen molar-refractivity contribution in [2.24, 2.45) is 5.73 Å². The van der Waals surface area contributed by atoms with Gasteiger partial charge < -0.3 is 19.7 Å². The molecule has 1 saturated carbocycles. The molecule has 1 aliphatic carbocycles. The Balaban J connectivity index is 1.44. The fourth-order valence-corrected chi connectivity index (χ4v) is 3.78. The summed E-state index contributed by atoms with van der Waals surface area (Å²) in [6.07, 6.45) is 2.89. The standard InChI is InChI=1S/C17H16N4O3S/c18-17(4-1-5-17)16-20-14(24-21-16)11-9-25-15(19-11)10-2-3-12-13(8-10)23-7-6-22-12/h2-3,8-9H,1,4-7,18H2. The van der Waals surface area contributed by atoms with Crippen molar-refractivity contribution < 1.29 is 14.0 Å². The zero-order valence-corrected chi connectivity index (χ0v) is 14.2. The number of ether oxygens (including phenoxy) is 2. The van der Waals surface area contributed by atoms with Crippen LogP contribution in [0.2, 0.25) is 0 Å². The lowest BCUT2D eigenvalue weighted by Crippen LogP contribution is -2.44. The molecule has 1 aromatic carbocycles. The average Bonchev–Trinajstić information content (AvgIpc) is 3.28. The third-order valence-corrected chi connectivity index (χ3v) is 5.52. The maximum atomic E-state index is 6.25. The number of benzene rings is 1. The number of nitrogens with zero attached hydrogens (tertiary/aromatic N) is 3. The summed E-state index contributed by atoms with van der Waals surface area (Å²) in [6.45, 7) is 1.14. The van der Waals surface area contributed by atoms with E-state index in [4.69, 9.17) is 19.7 Å². The van der Waals surface area contributed by atoms with Crippen molar-refractivity contribution in [3.63, 3.8) is 0 Å². The molecule has 1 fully saturated rings. The number of aromatic nitrogens is 3. The van der Waals surface area contributed by atoms with E-state index in [0.29, 0.717) is 30.6 Å². The molecule has 0 bridgehead atoms. The molecule has 2 aromatic heterocycles. The Kier molecular flexibility index (Phi) is 3.29. The molecule has 0 amide bonds. The van der Waals surface area contributed by atoms with Crippen LogP contribution in [0.25, 0.3) is 22.2 Å². The number of rotatable bonds is 3. The number of hydrogen-bond acceptors (Lipinski definition) is 8. The maximum absolute atomic E-state index is 6.25. The Morgan fingerprint density at radius 1 is 1.08 bits per heavy atom. The van der Waals surface area contributed by atoms with Crippen molar-refractivity contribution in [1.29, 1.82) is 0 Å². The van der Waals surface area contributed by atoms with Gasteiger partial charge >= 0.3 is 0 Å². The van der Waals surface area contributed by atoms with Gasteiger partial charge in [-0.05, 0) is 37.5 Å². The van der Waals surface area contributed by atoms with E-state index in [1.54, 1.807) is 0 Å². The second-order valence-corrected chi connectivity index (χ2v) is 7.19. The summed E-state index contributed by atoms with van der Waals surface area (Å²) in [5.41, 5.74) is 7.44. The quantitative estimate of drug-likeness (QED) is 0.770. The maximum Gasteiger partial charge on any atom is 0.277 e. The molecule has 0 radical (unpaired) electrons. The Bertz CT molecular complexity index is 932. The molecule has 2 N–H and O–H groups in total. The van der Waals surface area contributed by atoms with Crippen molar-refractivity contribution in [3.8, 4) is 33.7 Å². The van der Waals surface area contributed by atoms with E-state index in [1.165, 1.54) is 11.3 Å². The number of nitrogens with two attached hydrogens (primary N) is 1. The Morgan fingerprint density at radius 3 is 2.72 bits per heavy atom. The molecule has 1 aliphatic heterocycles. The van der Waals surface area contributed by atoms with Gasteiger partial charge in [0.1, 0.15) is 23.9 Å². The molecule has 128 valence electrons. The van der Waals surface area contributed by atoms with Crippen LogP contribution in [-0.4, -0.2) is 28.3 Å². The van der Waals surface area contributed by atoms with Crippen LogP contribution >= 0.6 is 11.3 Å². The van der Waals surface area contributed by atoms with Crippen LogP contribution in [0.4, 0.5) is 0 Å². The van der Waals surface area contributed by atoms with Crippen molar-refractivity contribution in [3.05, 3.63) is 29.4 Å². The Labute approximate surface area is 147 Å². The predicted octanol–water partition coefficient (Wildman–Crippen LogP) is 2.97. The normalized spacial score (nSPS) is 18.0. The minimum absolute atomic E-state index is 0.409. The van der Waals surface area contributed by atoms with Crippen LogP contribution in [-0.2, 0) is 5.54 Å². The van der Waals surface area contributed by atoms with E-state index in [2.05, 4.69) is 15.1 Å². The molecule has 0 atom stereocenters. The first-order chi connectivity index (χ1) is 12.2. The smallest absolute Gasteiger partial charge is 0.277 e. The van der Waals surface area contributed by atoms with E-state index < -0.39 is 5.54 Å². The summed E-state index contributed by atoms with van der Waals surface area (Å²) < 4.78 is 16.6. The monoisotopic (exact) mass is 356 g/mol. The summed E-state index contributed by atoms with van der Waals surface area (Å²) in [4.78, 5) is 9.07. The van der Waals surface area contributed by atoms with Gasteiger partial charge in [0.05, 0.1) is 5.54 Å². The molecule has 0 saturated heterocycles. The summed E-state index contributed by atoms with van der Waals surface area (Å²) in [6, 6.07) is 5.82. The van der Waals surface area contributed by atoms with Gasteiger partial charge in [-0.2, -0.15) is 4.98 Å². The average molecular weight is 356 g/mol. The molecule has 5 rings (SSSR count). The van der Waals surface area contributed by atoms with Crippen molar-refractivity contribution in [2.45, 2.75) is 24.8 Å². The van der Waals surface area contributed by atoms with Crippen LogP contribution in [0.5, 0.6) is 11.5 Å². The molecule has 0 unspecified atom stereocenters. The van der Waals surface area contributed by atoms with Gasteiger partial charge in [-0.1, -0.05) is 5.16 Å². The third-order valence-electron chi connectivity index (χ3n) is 4.63. The highest BCUT2D eigenvalue weighted by Crippen LogP contribution is 2.39. The van der Waals surface area contributed by atoms with E-state index in [9.17, 15) is 0 Å². The van der Waals surface area contributed by atoms with Crippen molar-refractivity contribution >= 4 is 11.3 Å². The van der Waals surface area contributed by atoms with Crippen LogP contribution in [0.3, 0.4) is 0 Å². The molecular formula is C17H16N4O3S. The largest absolute Gasteiger partial charge is 0.486 e. The first-order valence-corrected chi connectivity index (χ1v) is 9.08. The minimum Gasteiger partial charge on any atom is -0.486 e. The van der Waals surface area contributed by atoms with Crippen LogP contribution < -0.4 is 15.2 Å². The molecule has 25 heavy (non-hydrogen) atoms. The summed E-state index contributed by atoms with van der Waals surface area (Å²) >= 11 is 1.52. The van der Waals surface area contributed by atoms with Crippen molar-refractivity contribution in [1.82, 2.24) is 15.1 Å². The summed E-state index contributed by atoms with van der Waals surface area (Å²) in [5, 5.41) is 6.81. The lowest BCUT2D eigenvalue weighted by atomic mass is 9.77. The molecular weight excluding hydrogens is 340 g/mol. The highest BCUT2D eigenvalue weighted by molar-refractivity contribution is 7.13. The predicted molar refractivity (Wildman–Crippen MR) is 91.5 cm³/mol.